The number of aromatic nitrogens is 2. The summed E-state index contributed by atoms with van der Waals surface area (Å²) in [7, 11) is 0. The van der Waals surface area contributed by atoms with Crippen LogP contribution in [0.25, 0.3) is 5.69 Å². The van der Waals surface area contributed by atoms with E-state index in [0.29, 0.717) is 19.0 Å². The largest absolute Gasteiger partial charge is 0.393 e. The number of carbonyl (C=O) groups is 1. The van der Waals surface area contributed by atoms with E-state index in [2.05, 4.69) is 10.3 Å². The maximum absolute atomic E-state index is 12.5. The Bertz CT molecular complexity index is 674. The number of rotatable bonds is 4. The van der Waals surface area contributed by atoms with Crippen LogP contribution in [0, 0.1) is 5.92 Å². The minimum Gasteiger partial charge on any atom is -0.393 e. The van der Waals surface area contributed by atoms with Crippen molar-refractivity contribution in [3.05, 3.63) is 48.5 Å². The lowest BCUT2D eigenvalue weighted by atomic mass is 9.92. The van der Waals surface area contributed by atoms with Crippen molar-refractivity contribution in [3.63, 3.8) is 0 Å². The van der Waals surface area contributed by atoms with Gasteiger partial charge in [-0.2, -0.15) is 0 Å². The molecule has 2 amide bonds. The number of aliphatic hydroxyl groups excluding tert-OH is 1. The van der Waals surface area contributed by atoms with Crippen LogP contribution in [0.4, 0.5) is 4.79 Å². The van der Waals surface area contributed by atoms with E-state index in [0.717, 1.165) is 24.1 Å². The second-order valence-corrected chi connectivity index (χ2v) is 6.80. The van der Waals surface area contributed by atoms with Crippen LogP contribution in [0.1, 0.15) is 38.3 Å². The van der Waals surface area contributed by atoms with Crippen LogP contribution in [-0.4, -0.2) is 44.8 Å². The summed E-state index contributed by atoms with van der Waals surface area (Å²) in [6, 6.07) is 8.01. The zero-order valence-corrected chi connectivity index (χ0v) is 14.8. The Morgan fingerprint density at radius 3 is 2.48 bits per heavy atom. The van der Waals surface area contributed by atoms with E-state index < -0.39 is 0 Å². The van der Waals surface area contributed by atoms with Crippen LogP contribution in [0.2, 0.25) is 0 Å². The van der Waals surface area contributed by atoms with Gasteiger partial charge in [0.15, 0.2) is 0 Å². The van der Waals surface area contributed by atoms with Crippen LogP contribution in [0.3, 0.4) is 0 Å². The smallest absolute Gasteiger partial charge is 0.317 e. The molecule has 0 bridgehead atoms. The molecule has 2 unspecified atom stereocenters. The Hall–Kier alpha value is -2.34. The first-order valence-corrected chi connectivity index (χ1v) is 8.86. The van der Waals surface area contributed by atoms with Crippen LogP contribution in [-0.2, 0) is 0 Å². The summed E-state index contributed by atoms with van der Waals surface area (Å²) in [5.41, 5.74) is 2.11. The van der Waals surface area contributed by atoms with E-state index in [4.69, 9.17) is 0 Å². The Morgan fingerprint density at radius 2 is 1.92 bits per heavy atom. The molecule has 2 atom stereocenters. The van der Waals surface area contributed by atoms with Gasteiger partial charge in [0.1, 0.15) is 0 Å². The van der Waals surface area contributed by atoms with Crippen LogP contribution in [0.15, 0.2) is 43.0 Å². The predicted molar refractivity (Wildman–Crippen MR) is 96.5 cm³/mol. The van der Waals surface area contributed by atoms with E-state index in [1.807, 2.05) is 53.8 Å². The minimum atomic E-state index is -0.293. The van der Waals surface area contributed by atoms with Crippen molar-refractivity contribution in [1.82, 2.24) is 19.8 Å². The van der Waals surface area contributed by atoms with Gasteiger partial charge in [0.2, 0.25) is 0 Å². The SMILES string of the molecule is CC(NC(=O)N1CCC(C(C)O)CC1)c1ccc(-n2ccnc2)cc1. The van der Waals surface area contributed by atoms with Gasteiger partial charge < -0.3 is 19.9 Å². The Morgan fingerprint density at radius 1 is 1.24 bits per heavy atom. The molecule has 134 valence electrons. The van der Waals surface area contributed by atoms with Crippen molar-refractivity contribution in [3.8, 4) is 5.69 Å². The number of amides is 2. The van der Waals surface area contributed by atoms with E-state index >= 15 is 0 Å². The van der Waals surface area contributed by atoms with Gasteiger partial charge in [0.05, 0.1) is 18.5 Å². The molecule has 1 saturated heterocycles. The van der Waals surface area contributed by atoms with E-state index in [1.165, 1.54) is 0 Å². The quantitative estimate of drug-likeness (QED) is 0.897. The number of nitrogens with one attached hydrogen (secondary N) is 1. The lowest BCUT2D eigenvalue weighted by molar-refractivity contribution is 0.0794. The number of piperidine rings is 1. The molecule has 2 heterocycles. The third-order valence-corrected chi connectivity index (χ3v) is 5.04. The monoisotopic (exact) mass is 342 g/mol. The lowest BCUT2D eigenvalue weighted by Crippen LogP contribution is -2.46. The molecular formula is C19H26N4O2. The molecule has 3 rings (SSSR count). The third kappa shape index (κ3) is 4.20. The molecular weight excluding hydrogens is 316 g/mol. The summed E-state index contributed by atoms with van der Waals surface area (Å²) in [5.74, 6) is 0.303. The molecule has 0 spiro atoms. The van der Waals surface area contributed by atoms with Crippen LogP contribution >= 0.6 is 0 Å². The van der Waals surface area contributed by atoms with Crippen molar-refractivity contribution in [2.45, 2.75) is 38.8 Å². The number of aliphatic hydroxyl groups is 1. The van der Waals surface area contributed by atoms with Crippen molar-refractivity contribution < 1.29 is 9.90 Å². The van der Waals surface area contributed by atoms with Gasteiger partial charge in [0, 0.05) is 31.2 Å². The summed E-state index contributed by atoms with van der Waals surface area (Å²) < 4.78 is 1.94. The minimum absolute atomic E-state index is 0.0322. The zero-order valence-electron chi connectivity index (χ0n) is 14.8. The fraction of sp³-hybridized carbons (Fsp3) is 0.474. The summed E-state index contributed by atoms with van der Waals surface area (Å²) >= 11 is 0. The molecule has 2 aromatic rings. The van der Waals surface area contributed by atoms with E-state index in [9.17, 15) is 9.90 Å². The fourth-order valence-corrected chi connectivity index (χ4v) is 3.29. The first-order chi connectivity index (χ1) is 12.0. The Labute approximate surface area is 148 Å². The summed E-state index contributed by atoms with van der Waals surface area (Å²) in [5, 5.41) is 12.7. The zero-order chi connectivity index (χ0) is 17.8. The molecule has 25 heavy (non-hydrogen) atoms. The second kappa shape index (κ2) is 7.70. The van der Waals surface area contributed by atoms with Gasteiger partial charge in [0.25, 0.3) is 0 Å². The normalized spacial score (nSPS) is 18.0. The average molecular weight is 342 g/mol. The van der Waals surface area contributed by atoms with Crippen LogP contribution in [0.5, 0.6) is 0 Å². The highest BCUT2D eigenvalue weighted by molar-refractivity contribution is 5.74. The van der Waals surface area contributed by atoms with Crippen molar-refractivity contribution in [2.24, 2.45) is 5.92 Å². The maximum atomic E-state index is 12.5. The van der Waals surface area contributed by atoms with Crippen molar-refractivity contribution >= 4 is 6.03 Å². The first-order valence-electron chi connectivity index (χ1n) is 8.86. The van der Waals surface area contributed by atoms with Gasteiger partial charge in [-0.05, 0) is 50.3 Å². The van der Waals surface area contributed by atoms with Crippen molar-refractivity contribution in [2.75, 3.05) is 13.1 Å². The number of benzene rings is 1. The molecule has 6 nitrogen and oxygen atoms in total. The highest BCUT2D eigenvalue weighted by atomic mass is 16.3. The number of carbonyl (C=O) groups excluding carboxylic acids is 1. The van der Waals surface area contributed by atoms with Gasteiger partial charge in [-0.1, -0.05) is 12.1 Å². The summed E-state index contributed by atoms with van der Waals surface area (Å²) in [6.07, 6.45) is 6.84. The Kier molecular flexibility index (Phi) is 5.38. The Balaban J connectivity index is 1.55. The van der Waals surface area contributed by atoms with E-state index in [-0.39, 0.29) is 18.2 Å². The molecule has 6 heteroatoms. The van der Waals surface area contributed by atoms with Crippen LogP contribution < -0.4 is 5.32 Å². The highest BCUT2D eigenvalue weighted by Gasteiger charge is 2.26. The molecule has 1 aromatic carbocycles. The highest BCUT2D eigenvalue weighted by Crippen LogP contribution is 2.21. The average Bonchev–Trinajstić information content (AvgIpc) is 3.16. The lowest BCUT2D eigenvalue weighted by Gasteiger charge is -2.34. The molecule has 0 saturated carbocycles. The number of hydrogen-bond donors (Lipinski definition) is 2. The predicted octanol–water partition coefficient (Wildman–Crippen LogP) is 2.74. The van der Waals surface area contributed by atoms with Crippen molar-refractivity contribution in [1.29, 1.82) is 0 Å². The molecule has 2 N–H and O–H groups in total. The number of imidazole rings is 1. The van der Waals surface area contributed by atoms with Gasteiger partial charge in [-0.15, -0.1) is 0 Å². The number of hydrogen-bond acceptors (Lipinski definition) is 3. The molecule has 1 aliphatic rings. The molecule has 1 fully saturated rings. The molecule has 1 aliphatic heterocycles. The number of nitrogens with zero attached hydrogens (tertiary/aromatic N) is 3. The fourth-order valence-electron chi connectivity index (χ4n) is 3.29. The number of likely N-dealkylation sites (tertiary alicyclic amines) is 1. The summed E-state index contributed by atoms with van der Waals surface area (Å²) in [4.78, 5) is 18.3. The molecule has 0 aliphatic carbocycles. The summed E-state index contributed by atoms with van der Waals surface area (Å²) in [6.45, 7) is 5.23. The third-order valence-electron chi connectivity index (χ3n) is 5.04. The standard InChI is InChI=1S/C19H26N4O2/c1-14(16-3-5-18(6-4-16)23-12-9-20-13-23)21-19(25)22-10-7-17(8-11-22)15(2)24/h3-6,9,12-15,17,24H,7-8,10-11H2,1-2H3,(H,21,25). The molecule has 1 aromatic heterocycles. The topological polar surface area (TPSA) is 70.4 Å². The van der Waals surface area contributed by atoms with Gasteiger partial charge in [-0.3, -0.25) is 0 Å². The second-order valence-electron chi connectivity index (χ2n) is 6.80. The van der Waals surface area contributed by atoms with Gasteiger partial charge >= 0.3 is 6.03 Å². The van der Waals surface area contributed by atoms with E-state index in [1.54, 1.807) is 12.5 Å². The number of urea groups is 1. The maximum Gasteiger partial charge on any atom is 0.317 e. The van der Waals surface area contributed by atoms with Gasteiger partial charge in [-0.25, -0.2) is 9.78 Å². The first kappa shape index (κ1) is 17.5. The molecule has 0 radical (unpaired) electrons.